The van der Waals surface area contributed by atoms with E-state index in [9.17, 15) is 0 Å². The lowest BCUT2D eigenvalue weighted by atomic mass is 10.1. The zero-order valence-corrected chi connectivity index (χ0v) is 11.8. The standard InChI is InChI=1S/C16H25NO2/c1-2-15(6-5-11-17-9-3-4-10-17)7-8-16-14-18-12-13-19-16/h2,7-8H,1,3-6,9-14H2/b15-7+,16-8+. The molecule has 2 aliphatic heterocycles. The molecule has 19 heavy (non-hydrogen) atoms. The number of allylic oxidation sites excluding steroid dienone is 4. The second kappa shape index (κ2) is 8.18. The lowest BCUT2D eigenvalue weighted by Crippen LogP contribution is -2.20. The average Bonchev–Trinajstić information content (AvgIpc) is 2.97. The van der Waals surface area contributed by atoms with Crippen molar-refractivity contribution in [3.8, 4) is 0 Å². The maximum absolute atomic E-state index is 5.51. The fourth-order valence-electron chi connectivity index (χ4n) is 2.51. The molecule has 0 bridgehead atoms. The molecule has 0 aliphatic carbocycles. The number of likely N-dealkylation sites (tertiary alicyclic amines) is 1. The summed E-state index contributed by atoms with van der Waals surface area (Å²) in [6.45, 7) is 9.62. The van der Waals surface area contributed by atoms with E-state index in [0.717, 1.165) is 12.2 Å². The third-order valence-electron chi connectivity index (χ3n) is 3.64. The molecule has 0 spiro atoms. The van der Waals surface area contributed by atoms with Crippen LogP contribution in [0.5, 0.6) is 0 Å². The summed E-state index contributed by atoms with van der Waals surface area (Å²) in [6, 6.07) is 0. The summed E-state index contributed by atoms with van der Waals surface area (Å²) in [5, 5.41) is 0. The van der Waals surface area contributed by atoms with Crippen molar-refractivity contribution in [2.75, 3.05) is 39.5 Å². The van der Waals surface area contributed by atoms with Gasteiger partial charge in [-0.05, 0) is 57.0 Å². The zero-order chi connectivity index (χ0) is 13.3. The van der Waals surface area contributed by atoms with Crippen molar-refractivity contribution in [2.24, 2.45) is 0 Å². The summed E-state index contributed by atoms with van der Waals surface area (Å²) in [6.07, 6.45) is 11.1. The van der Waals surface area contributed by atoms with Crippen LogP contribution in [-0.2, 0) is 9.47 Å². The van der Waals surface area contributed by atoms with E-state index in [-0.39, 0.29) is 0 Å². The van der Waals surface area contributed by atoms with Crippen molar-refractivity contribution >= 4 is 0 Å². The van der Waals surface area contributed by atoms with Crippen LogP contribution in [0.4, 0.5) is 0 Å². The largest absolute Gasteiger partial charge is 0.493 e. The SMILES string of the molecule is C=C/C(=C\C=C1/COCCO1)CCCN1CCCC1. The van der Waals surface area contributed by atoms with Crippen LogP contribution in [-0.4, -0.2) is 44.4 Å². The lowest BCUT2D eigenvalue weighted by molar-refractivity contribution is 0.0135. The normalized spacial score (nSPS) is 23.6. The Morgan fingerprint density at radius 1 is 1.26 bits per heavy atom. The minimum Gasteiger partial charge on any atom is -0.493 e. The molecule has 0 radical (unpaired) electrons. The Morgan fingerprint density at radius 3 is 2.79 bits per heavy atom. The third-order valence-corrected chi connectivity index (χ3v) is 3.64. The van der Waals surface area contributed by atoms with Crippen molar-refractivity contribution < 1.29 is 9.47 Å². The van der Waals surface area contributed by atoms with E-state index >= 15 is 0 Å². The Morgan fingerprint density at radius 2 is 2.11 bits per heavy atom. The highest BCUT2D eigenvalue weighted by Gasteiger charge is 2.10. The maximum atomic E-state index is 5.51. The molecule has 106 valence electrons. The fourth-order valence-corrected chi connectivity index (χ4v) is 2.51. The second-order valence-corrected chi connectivity index (χ2v) is 5.13. The van der Waals surface area contributed by atoms with Gasteiger partial charge in [0.15, 0.2) is 0 Å². The molecule has 0 saturated carbocycles. The van der Waals surface area contributed by atoms with Crippen LogP contribution in [0, 0.1) is 0 Å². The average molecular weight is 263 g/mol. The van der Waals surface area contributed by atoms with Gasteiger partial charge in [-0.25, -0.2) is 0 Å². The molecule has 2 fully saturated rings. The first-order valence-corrected chi connectivity index (χ1v) is 7.33. The van der Waals surface area contributed by atoms with Gasteiger partial charge in [0.05, 0.1) is 6.61 Å². The van der Waals surface area contributed by atoms with Gasteiger partial charge in [0.25, 0.3) is 0 Å². The Bertz CT molecular complexity index is 333. The topological polar surface area (TPSA) is 21.7 Å². The van der Waals surface area contributed by atoms with Gasteiger partial charge in [-0.3, -0.25) is 0 Å². The van der Waals surface area contributed by atoms with Crippen molar-refractivity contribution in [2.45, 2.75) is 25.7 Å². The first-order chi connectivity index (χ1) is 9.38. The summed E-state index contributed by atoms with van der Waals surface area (Å²) in [4.78, 5) is 2.55. The van der Waals surface area contributed by atoms with Crippen LogP contribution in [0.15, 0.2) is 36.1 Å². The number of ether oxygens (including phenoxy) is 2. The molecule has 0 aromatic carbocycles. The van der Waals surface area contributed by atoms with Crippen molar-refractivity contribution in [1.29, 1.82) is 0 Å². The highest BCUT2D eigenvalue weighted by Crippen LogP contribution is 2.13. The van der Waals surface area contributed by atoms with Crippen LogP contribution in [0.1, 0.15) is 25.7 Å². The number of nitrogens with zero attached hydrogens (tertiary/aromatic N) is 1. The van der Waals surface area contributed by atoms with Crippen LogP contribution >= 0.6 is 0 Å². The second-order valence-electron chi connectivity index (χ2n) is 5.13. The van der Waals surface area contributed by atoms with E-state index in [4.69, 9.17) is 9.47 Å². The molecule has 2 heterocycles. The Labute approximate surface area is 116 Å². The first-order valence-electron chi connectivity index (χ1n) is 7.33. The van der Waals surface area contributed by atoms with Gasteiger partial charge < -0.3 is 14.4 Å². The smallest absolute Gasteiger partial charge is 0.122 e. The molecule has 0 amide bonds. The molecular formula is C16H25NO2. The highest BCUT2D eigenvalue weighted by atomic mass is 16.6. The van der Waals surface area contributed by atoms with E-state index < -0.39 is 0 Å². The monoisotopic (exact) mass is 263 g/mol. The predicted molar refractivity (Wildman–Crippen MR) is 78.0 cm³/mol. The Kier molecular flexibility index (Phi) is 6.18. The van der Waals surface area contributed by atoms with E-state index in [1.165, 1.54) is 44.5 Å². The molecule has 0 unspecified atom stereocenters. The molecule has 2 saturated heterocycles. The highest BCUT2D eigenvalue weighted by molar-refractivity contribution is 5.23. The molecule has 3 nitrogen and oxygen atoms in total. The Balaban J connectivity index is 1.73. The molecule has 2 aliphatic rings. The van der Waals surface area contributed by atoms with Crippen molar-refractivity contribution in [1.82, 2.24) is 4.90 Å². The quantitative estimate of drug-likeness (QED) is 0.688. The van der Waals surface area contributed by atoms with Crippen molar-refractivity contribution in [3.63, 3.8) is 0 Å². The lowest BCUT2D eigenvalue weighted by Gasteiger charge is -2.16. The van der Waals surface area contributed by atoms with E-state index in [2.05, 4.69) is 17.6 Å². The molecule has 0 atom stereocenters. The minimum absolute atomic E-state index is 0.592. The Hall–Kier alpha value is -1.06. The van der Waals surface area contributed by atoms with Gasteiger partial charge in [0.1, 0.15) is 19.0 Å². The fraction of sp³-hybridized carbons (Fsp3) is 0.625. The molecule has 0 aromatic heterocycles. The maximum Gasteiger partial charge on any atom is 0.122 e. The summed E-state index contributed by atoms with van der Waals surface area (Å²) in [5.74, 6) is 0.921. The molecular weight excluding hydrogens is 238 g/mol. The van der Waals surface area contributed by atoms with E-state index in [1.54, 1.807) is 0 Å². The van der Waals surface area contributed by atoms with Crippen LogP contribution < -0.4 is 0 Å². The summed E-state index contributed by atoms with van der Waals surface area (Å²) in [5.41, 5.74) is 1.28. The number of hydrogen-bond donors (Lipinski definition) is 0. The van der Waals surface area contributed by atoms with E-state index in [1.807, 2.05) is 12.2 Å². The summed E-state index contributed by atoms with van der Waals surface area (Å²) >= 11 is 0. The predicted octanol–water partition coefficient (Wildman–Crippen LogP) is 2.91. The third kappa shape index (κ3) is 5.21. The molecule has 0 aromatic rings. The van der Waals surface area contributed by atoms with Gasteiger partial charge in [-0.15, -0.1) is 0 Å². The van der Waals surface area contributed by atoms with Crippen LogP contribution in [0.25, 0.3) is 0 Å². The minimum atomic E-state index is 0.592. The van der Waals surface area contributed by atoms with Crippen LogP contribution in [0.3, 0.4) is 0 Å². The van der Waals surface area contributed by atoms with Gasteiger partial charge in [0.2, 0.25) is 0 Å². The van der Waals surface area contributed by atoms with Crippen molar-refractivity contribution in [3.05, 3.63) is 36.1 Å². The summed E-state index contributed by atoms with van der Waals surface area (Å²) < 4.78 is 10.8. The zero-order valence-electron chi connectivity index (χ0n) is 11.8. The number of rotatable bonds is 6. The molecule has 3 heteroatoms. The number of hydrogen-bond acceptors (Lipinski definition) is 3. The summed E-state index contributed by atoms with van der Waals surface area (Å²) in [7, 11) is 0. The molecule has 0 N–H and O–H groups in total. The van der Waals surface area contributed by atoms with Gasteiger partial charge >= 0.3 is 0 Å². The van der Waals surface area contributed by atoms with Gasteiger partial charge in [-0.1, -0.05) is 18.7 Å². The van der Waals surface area contributed by atoms with Gasteiger partial charge in [-0.2, -0.15) is 0 Å². The van der Waals surface area contributed by atoms with Gasteiger partial charge in [0, 0.05) is 0 Å². The first kappa shape index (κ1) is 14.4. The van der Waals surface area contributed by atoms with E-state index in [0.29, 0.717) is 19.8 Å². The van der Waals surface area contributed by atoms with Crippen LogP contribution in [0.2, 0.25) is 0 Å². The molecule has 2 rings (SSSR count).